The highest BCUT2D eigenvalue weighted by Gasteiger charge is 2.15. The van der Waals surface area contributed by atoms with Gasteiger partial charge < -0.3 is 10.2 Å². The van der Waals surface area contributed by atoms with Gasteiger partial charge in [0.25, 0.3) is 0 Å². The number of amides is 2. The van der Waals surface area contributed by atoms with Crippen LogP contribution in [0.3, 0.4) is 0 Å². The fourth-order valence-electron chi connectivity index (χ4n) is 2.56. The summed E-state index contributed by atoms with van der Waals surface area (Å²) >= 11 is 0. The van der Waals surface area contributed by atoms with E-state index in [1.165, 1.54) is 18.4 Å². The summed E-state index contributed by atoms with van der Waals surface area (Å²) in [6, 6.07) is 7.88. The first kappa shape index (κ1) is 15.5. The third-order valence-electron chi connectivity index (χ3n) is 3.88. The first-order valence-corrected chi connectivity index (χ1v) is 7.75. The molecule has 0 spiro atoms. The normalized spacial score (nSPS) is 15.4. The zero-order valence-electron chi connectivity index (χ0n) is 12.7. The maximum absolute atomic E-state index is 12.1. The summed E-state index contributed by atoms with van der Waals surface area (Å²) in [6.45, 7) is 3.79. The van der Waals surface area contributed by atoms with E-state index in [9.17, 15) is 9.59 Å². The van der Waals surface area contributed by atoms with Crippen molar-refractivity contribution in [3.05, 3.63) is 35.4 Å². The summed E-state index contributed by atoms with van der Waals surface area (Å²) in [4.78, 5) is 25.8. The zero-order chi connectivity index (χ0) is 15.1. The van der Waals surface area contributed by atoms with Crippen LogP contribution < -0.4 is 5.32 Å². The second-order valence-corrected chi connectivity index (χ2v) is 5.73. The van der Waals surface area contributed by atoms with Crippen molar-refractivity contribution in [2.24, 2.45) is 0 Å². The molecule has 1 aromatic carbocycles. The monoisotopic (exact) mass is 288 g/mol. The molecule has 1 fully saturated rings. The molecule has 0 atom stereocenters. The molecule has 2 rings (SSSR count). The second-order valence-electron chi connectivity index (χ2n) is 5.73. The number of benzene rings is 1. The minimum atomic E-state index is -0.0953. The Balaban J connectivity index is 1.75. The maximum atomic E-state index is 12.1. The summed E-state index contributed by atoms with van der Waals surface area (Å²) < 4.78 is 0. The molecule has 2 amide bonds. The zero-order valence-corrected chi connectivity index (χ0v) is 12.7. The molecule has 0 aromatic heterocycles. The van der Waals surface area contributed by atoms with E-state index in [0.29, 0.717) is 6.42 Å². The van der Waals surface area contributed by atoms with Crippen LogP contribution in [0.1, 0.15) is 36.8 Å². The van der Waals surface area contributed by atoms with Crippen molar-refractivity contribution in [2.45, 2.75) is 39.0 Å². The van der Waals surface area contributed by atoms with Gasteiger partial charge in [0.15, 0.2) is 0 Å². The van der Waals surface area contributed by atoms with Crippen molar-refractivity contribution in [3.63, 3.8) is 0 Å². The van der Waals surface area contributed by atoms with Gasteiger partial charge in [-0.25, -0.2) is 0 Å². The average molecular weight is 288 g/mol. The number of nitrogens with one attached hydrogen (secondary N) is 1. The standard InChI is InChI=1S/C17H24N2O2/c1-14-6-8-15(9-7-14)12-16(20)18-13-17(21)19-10-4-2-3-5-11-19/h6-9H,2-5,10-13H2,1H3,(H,18,20). The molecule has 1 N–H and O–H groups in total. The van der Waals surface area contributed by atoms with Crippen molar-refractivity contribution in [2.75, 3.05) is 19.6 Å². The Kier molecular flexibility index (Phi) is 5.78. The maximum Gasteiger partial charge on any atom is 0.241 e. The minimum Gasteiger partial charge on any atom is -0.347 e. The second kappa shape index (κ2) is 7.81. The van der Waals surface area contributed by atoms with E-state index in [-0.39, 0.29) is 18.4 Å². The van der Waals surface area contributed by atoms with Gasteiger partial charge in [-0.2, -0.15) is 0 Å². The highest BCUT2D eigenvalue weighted by atomic mass is 16.2. The highest BCUT2D eigenvalue weighted by molar-refractivity contribution is 5.85. The number of carbonyl (C=O) groups excluding carboxylic acids is 2. The van der Waals surface area contributed by atoms with Crippen LogP contribution >= 0.6 is 0 Å². The van der Waals surface area contributed by atoms with Crippen molar-refractivity contribution >= 4 is 11.8 Å². The lowest BCUT2D eigenvalue weighted by atomic mass is 10.1. The Bertz CT molecular complexity index is 474. The van der Waals surface area contributed by atoms with Gasteiger partial charge in [0, 0.05) is 13.1 Å². The number of nitrogens with zero attached hydrogens (tertiary/aromatic N) is 1. The van der Waals surface area contributed by atoms with Gasteiger partial charge in [-0.3, -0.25) is 9.59 Å². The molecule has 1 saturated heterocycles. The topological polar surface area (TPSA) is 49.4 Å². The molecule has 114 valence electrons. The number of aryl methyl sites for hydroxylation is 1. The number of hydrogen-bond acceptors (Lipinski definition) is 2. The lowest BCUT2D eigenvalue weighted by molar-refractivity contribution is -0.132. The van der Waals surface area contributed by atoms with E-state index in [1.54, 1.807) is 0 Å². The van der Waals surface area contributed by atoms with Crippen LogP contribution in [0.25, 0.3) is 0 Å². The van der Waals surface area contributed by atoms with Crippen LogP contribution in [0.15, 0.2) is 24.3 Å². The van der Waals surface area contributed by atoms with Crippen LogP contribution in [0, 0.1) is 6.92 Å². The predicted octanol–water partition coefficient (Wildman–Crippen LogP) is 2.06. The summed E-state index contributed by atoms with van der Waals surface area (Å²) in [5.41, 5.74) is 2.15. The number of hydrogen-bond donors (Lipinski definition) is 1. The van der Waals surface area contributed by atoms with E-state index in [1.807, 2.05) is 36.1 Å². The Morgan fingerprint density at radius 1 is 1.05 bits per heavy atom. The summed E-state index contributed by atoms with van der Waals surface area (Å²) in [6.07, 6.45) is 4.87. The van der Waals surface area contributed by atoms with E-state index < -0.39 is 0 Å². The number of carbonyl (C=O) groups is 2. The molecule has 0 bridgehead atoms. The van der Waals surface area contributed by atoms with Gasteiger partial charge in [-0.15, -0.1) is 0 Å². The molecule has 0 saturated carbocycles. The Morgan fingerprint density at radius 3 is 2.29 bits per heavy atom. The minimum absolute atomic E-state index is 0.0363. The molecule has 4 heteroatoms. The van der Waals surface area contributed by atoms with E-state index >= 15 is 0 Å². The van der Waals surface area contributed by atoms with E-state index in [4.69, 9.17) is 0 Å². The quantitative estimate of drug-likeness (QED) is 0.922. The molecule has 1 aliphatic rings. The molecular weight excluding hydrogens is 264 g/mol. The SMILES string of the molecule is Cc1ccc(CC(=O)NCC(=O)N2CCCCCC2)cc1. The van der Waals surface area contributed by atoms with Crippen molar-refractivity contribution in [3.8, 4) is 0 Å². The van der Waals surface area contributed by atoms with Crippen molar-refractivity contribution < 1.29 is 9.59 Å². The van der Waals surface area contributed by atoms with E-state index in [0.717, 1.165) is 31.5 Å². The van der Waals surface area contributed by atoms with Crippen LogP contribution in [-0.4, -0.2) is 36.3 Å². The number of likely N-dealkylation sites (tertiary alicyclic amines) is 1. The van der Waals surface area contributed by atoms with Crippen LogP contribution in [0.2, 0.25) is 0 Å². The lowest BCUT2D eigenvalue weighted by Crippen LogP contribution is -2.41. The predicted molar refractivity (Wildman–Crippen MR) is 82.9 cm³/mol. The molecule has 0 aliphatic carbocycles. The molecular formula is C17H24N2O2. The molecule has 1 heterocycles. The summed E-state index contributed by atoms with van der Waals surface area (Å²) in [7, 11) is 0. The third kappa shape index (κ3) is 5.21. The molecule has 21 heavy (non-hydrogen) atoms. The van der Waals surface area contributed by atoms with Gasteiger partial charge in [0.05, 0.1) is 13.0 Å². The average Bonchev–Trinajstić information content (AvgIpc) is 2.76. The fourth-order valence-corrected chi connectivity index (χ4v) is 2.56. The first-order chi connectivity index (χ1) is 10.1. The Morgan fingerprint density at radius 2 is 1.67 bits per heavy atom. The van der Waals surface area contributed by atoms with Crippen LogP contribution in [0.4, 0.5) is 0 Å². The Labute approximate surface area is 126 Å². The third-order valence-corrected chi connectivity index (χ3v) is 3.88. The van der Waals surface area contributed by atoms with Crippen molar-refractivity contribution in [1.29, 1.82) is 0 Å². The van der Waals surface area contributed by atoms with Gasteiger partial charge in [0.2, 0.25) is 11.8 Å². The number of rotatable bonds is 4. The van der Waals surface area contributed by atoms with Gasteiger partial charge in [-0.1, -0.05) is 42.7 Å². The first-order valence-electron chi connectivity index (χ1n) is 7.75. The summed E-state index contributed by atoms with van der Waals surface area (Å²) in [5.74, 6) is -0.0591. The van der Waals surface area contributed by atoms with Crippen LogP contribution in [0.5, 0.6) is 0 Å². The Hall–Kier alpha value is -1.84. The van der Waals surface area contributed by atoms with Gasteiger partial charge >= 0.3 is 0 Å². The van der Waals surface area contributed by atoms with E-state index in [2.05, 4.69) is 5.32 Å². The lowest BCUT2D eigenvalue weighted by Gasteiger charge is -2.20. The molecule has 1 aliphatic heterocycles. The molecule has 1 aromatic rings. The fraction of sp³-hybridized carbons (Fsp3) is 0.529. The highest BCUT2D eigenvalue weighted by Crippen LogP contribution is 2.09. The summed E-state index contributed by atoms with van der Waals surface area (Å²) in [5, 5.41) is 2.73. The largest absolute Gasteiger partial charge is 0.347 e. The van der Waals surface area contributed by atoms with Gasteiger partial charge in [0.1, 0.15) is 0 Å². The molecule has 4 nitrogen and oxygen atoms in total. The van der Waals surface area contributed by atoms with Crippen LogP contribution in [-0.2, 0) is 16.0 Å². The van der Waals surface area contributed by atoms with Gasteiger partial charge in [-0.05, 0) is 25.3 Å². The smallest absolute Gasteiger partial charge is 0.241 e. The van der Waals surface area contributed by atoms with Crippen molar-refractivity contribution in [1.82, 2.24) is 10.2 Å². The molecule has 0 unspecified atom stereocenters. The molecule has 0 radical (unpaired) electrons.